The third-order valence-electron chi connectivity index (χ3n) is 1.23. The molecule has 0 N–H and O–H groups in total. The molecule has 0 heterocycles. The van der Waals surface area contributed by atoms with Crippen molar-refractivity contribution in [3.8, 4) is 0 Å². The molecule has 0 aromatic carbocycles. The molecule has 0 aliphatic carbocycles. The third kappa shape index (κ3) is 9.15. The number of ketones is 1. The number of hydrogen-bond donors (Lipinski definition) is 0. The van der Waals surface area contributed by atoms with Crippen molar-refractivity contribution in [2.45, 2.75) is 33.6 Å². The second kappa shape index (κ2) is 5.90. The Morgan fingerprint density at radius 2 is 1.91 bits per heavy atom. The monoisotopic (exact) mass is 152 g/mol. The van der Waals surface area contributed by atoms with E-state index >= 15 is 0 Å². The van der Waals surface area contributed by atoms with Crippen LogP contribution in [-0.4, -0.2) is 5.78 Å². The fourth-order valence-electron chi connectivity index (χ4n) is 0.643. The molecule has 0 unspecified atom stereocenters. The highest BCUT2D eigenvalue weighted by atomic mass is 16.1. The van der Waals surface area contributed by atoms with Crippen LogP contribution in [0.1, 0.15) is 33.6 Å². The summed E-state index contributed by atoms with van der Waals surface area (Å²) < 4.78 is 0. The van der Waals surface area contributed by atoms with E-state index in [-0.39, 0.29) is 5.78 Å². The second-order valence-electron chi connectivity index (χ2n) is 2.91. The topological polar surface area (TPSA) is 17.1 Å². The van der Waals surface area contributed by atoms with Gasteiger partial charge in [-0.2, -0.15) is 0 Å². The summed E-state index contributed by atoms with van der Waals surface area (Å²) in [6.45, 7) is 5.72. The van der Waals surface area contributed by atoms with E-state index in [1.165, 1.54) is 5.57 Å². The van der Waals surface area contributed by atoms with Crippen molar-refractivity contribution in [1.29, 1.82) is 0 Å². The van der Waals surface area contributed by atoms with Crippen molar-refractivity contribution < 1.29 is 4.79 Å². The normalized spacial score (nSPS) is 10.1. The lowest BCUT2D eigenvalue weighted by atomic mass is 10.2. The maximum Gasteiger partial charge on any atom is 0.130 e. The van der Waals surface area contributed by atoms with Gasteiger partial charge in [0.25, 0.3) is 0 Å². The number of Topliss-reactive ketones (excluding diaryl/α,β-unsaturated/α-hetero) is 1. The third-order valence-corrected chi connectivity index (χ3v) is 1.23. The van der Waals surface area contributed by atoms with Crippen molar-refractivity contribution >= 4 is 5.78 Å². The first-order chi connectivity index (χ1) is 5.13. The lowest BCUT2D eigenvalue weighted by Gasteiger charge is -1.86. The predicted molar refractivity (Wildman–Crippen MR) is 48.5 cm³/mol. The molecular weight excluding hydrogens is 136 g/mol. The summed E-state index contributed by atoms with van der Waals surface area (Å²) >= 11 is 0. The number of hydrogen-bond acceptors (Lipinski definition) is 1. The molecule has 1 nitrogen and oxygen atoms in total. The molecule has 0 atom stereocenters. The summed E-state index contributed by atoms with van der Waals surface area (Å²) in [5.41, 5.74) is 1.28. The SMILES string of the molecule is CC(=O)CCC=CC=C(C)C. The van der Waals surface area contributed by atoms with Gasteiger partial charge in [0.1, 0.15) is 5.78 Å². The zero-order valence-electron chi connectivity index (χ0n) is 7.55. The minimum atomic E-state index is 0.256. The van der Waals surface area contributed by atoms with Gasteiger partial charge >= 0.3 is 0 Å². The van der Waals surface area contributed by atoms with Crippen molar-refractivity contribution in [2.24, 2.45) is 0 Å². The Morgan fingerprint density at radius 1 is 1.27 bits per heavy atom. The Labute approximate surface area is 68.8 Å². The highest BCUT2D eigenvalue weighted by molar-refractivity contribution is 5.75. The van der Waals surface area contributed by atoms with E-state index in [4.69, 9.17) is 0 Å². The molecule has 0 rings (SSSR count). The fourth-order valence-corrected chi connectivity index (χ4v) is 0.643. The van der Waals surface area contributed by atoms with Crippen molar-refractivity contribution in [1.82, 2.24) is 0 Å². The van der Waals surface area contributed by atoms with E-state index in [9.17, 15) is 4.79 Å². The minimum absolute atomic E-state index is 0.256. The van der Waals surface area contributed by atoms with Gasteiger partial charge < -0.3 is 4.79 Å². The summed E-state index contributed by atoms with van der Waals surface area (Å²) in [5, 5.41) is 0. The largest absolute Gasteiger partial charge is 0.300 e. The van der Waals surface area contributed by atoms with Crippen LogP contribution in [-0.2, 0) is 4.79 Å². The molecule has 0 saturated carbocycles. The van der Waals surface area contributed by atoms with Gasteiger partial charge in [-0.15, -0.1) is 0 Å². The van der Waals surface area contributed by atoms with E-state index in [1.807, 2.05) is 18.2 Å². The Bertz CT molecular complexity index is 171. The summed E-state index contributed by atoms with van der Waals surface area (Å²) in [6.07, 6.45) is 7.58. The molecule has 62 valence electrons. The van der Waals surface area contributed by atoms with Gasteiger partial charge in [-0.1, -0.05) is 23.8 Å². The van der Waals surface area contributed by atoms with E-state index in [0.29, 0.717) is 6.42 Å². The van der Waals surface area contributed by atoms with E-state index in [2.05, 4.69) is 13.8 Å². The molecule has 0 spiro atoms. The average molecular weight is 152 g/mol. The summed E-state index contributed by atoms with van der Waals surface area (Å²) in [6, 6.07) is 0. The molecule has 0 aromatic rings. The number of carbonyl (C=O) groups excluding carboxylic acids is 1. The summed E-state index contributed by atoms with van der Waals surface area (Å²) in [5.74, 6) is 0.256. The molecule has 0 saturated heterocycles. The van der Waals surface area contributed by atoms with Gasteiger partial charge in [0.15, 0.2) is 0 Å². The standard InChI is InChI=1S/C10H16O/c1-9(2)7-5-4-6-8-10(3)11/h4-5,7H,6,8H2,1-3H3. The molecule has 0 aliphatic rings. The Hall–Kier alpha value is -0.850. The Balaban J connectivity index is 3.46. The van der Waals surface area contributed by atoms with Gasteiger partial charge in [0.05, 0.1) is 0 Å². The first-order valence-corrected chi connectivity index (χ1v) is 3.92. The lowest BCUT2D eigenvalue weighted by molar-refractivity contribution is -0.116. The van der Waals surface area contributed by atoms with Crippen LogP contribution in [0.5, 0.6) is 0 Å². The van der Waals surface area contributed by atoms with Crippen LogP contribution < -0.4 is 0 Å². The molecular formula is C10H16O. The van der Waals surface area contributed by atoms with Gasteiger partial charge in [-0.3, -0.25) is 0 Å². The van der Waals surface area contributed by atoms with Crippen molar-refractivity contribution in [3.05, 3.63) is 23.8 Å². The van der Waals surface area contributed by atoms with Crippen LogP contribution >= 0.6 is 0 Å². The molecule has 0 amide bonds. The highest BCUT2D eigenvalue weighted by Crippen LogP contribution is 1.94. The van der Waals surface area contributed by atoms with Gasteiger partial charge in [-0.05, 0) is 27.2 Å². The van der Waals surface area contributed by atoms with Crippen LogP contribution in [0.2, 0.25) is 0 Å². The lowest BCUT2D eigenvalue weighted by Crippen LogP contribution is -1.85. The molecule has 1 heteroatoms. The van der Waals surface area contributed by atoms with Crippen LogP contribution in [0.15, 0.2) is 23.8 Å². The summed E-state index contributed by atoms with van der Waals surface area (Å²) in [7, 11) is 0. The summed E-state index contributed by atoms with van der Waals surface area (Å²) in [4.78, 5) is 10.5. The van der Waals surface area contributed by atoms with Gasteiger partial charge in [0.2, 0.25) is 0 Å². The second-order valence-corrected chi connectivity index (χ2v) is 2.91. The molecule has 0 aromatic heterocycles. The van der Waals surface area contributed by atoms with Crippen LogP contribution in [0.4, 0.5) is 0 Å². The maximum atomic E-state index is 10.5. The molecule has 0 aliphatic heterocycles. The van der Waals surface area contributed by atoms with E-state index in [0.717, 1.165) is 6.42 Å². The predicted octanol–water partition coefficient (Wildman–Crippen LogP) is 2.88. The smallest absolute Gasteiger partial charge is 0.130 e. The van der Waals surface area contributed by atoms with Crippen molar-refractivity contribution in [3.63, 3.8) is 0 Å². The fraction of sp³-hybridized carbons (Fsp3) is 0.500. The molecule has 0 radical (unpaired) electrons. The molecule has 0 fully saturated rings. The zero-order chi connectivity index (χ0) is 8.69. The first-order valence-electron chi connectivity index (χ1n) is 3.92. The Morgan fingerprint density at radius 3 is 2.36 bits per heavy atom. The van der Waals surface area contributed by atoms with E-state index < -0.39 is 0 Å². The highest BCUT2D eigenvalue weighted by Gasteiger charge is 1.86. The van der Waals surface area contributed by atoms with Crippen molar-refractivity contribution in [2.75, 3.05) is 0 Å². The van der Waals surface area contributed by atoms with Gasteiger partial charge in [-0.25, -0.2) is 0 Å². The zero-order valence-corrected chi connectivity index (χ0v) is 7.55. The Kier molecular flexibility index (Phi) is 5.44. The maximum absolute atomic E-state index is 10.5. The quantitative estimate of drug-likeness (QED) is 0.566. The minimum Gasteiger partial charge on any atom is -0.300 e. The number of carbonyl (C=O) groups is 1. The van der Waals surface area contributed by atoms with Crippen LogP contribution in [0.25, 0.3) is 0 Å². The van der Waals surface area contributed by atoms with Crippen LogP contribution in [0, 0.1) is 0 Å². The number of allylic oxidation sites excluding steroid dienone is 4. The molecule has 0 bridgehead atoms. The average Bonchev–Trinajstić information content (AvgIpc) is 1.85. The molecule has 11 heavy (non-hydrogen) atoms. The van der Waals surface area contributed by atoms with Gasteiger partial charge in [0, 0.05) is 6.42 Å². The number of rotatable bonds is 4. The van der Waals surface area contributed by atoms with Crippen LogP contribution in [0.3, 0.4) is 0 Å². The van der Waals surface area contributed by atoms with E-state index in [1.54, 1.807) is 6.92 Å². The first kappa shape index (κ1) is 10.2.